The van der Waals surface area contributed by atoms with Gasteiger partial charge in [-0.2, -0.15) is 13.2 Å². The number of alkyl halides is 3. The Balaban J connectivity index is 1.68. The summed E-state index contributed by atoms with van der Waals surface area (Å²) in [5.41, 5.74) is -0.705. The molecule has 1 aliphatic rings. The molecule has 0 bridgehead atoms. The van der Waals surface area contributed by atoms with Crippen molar-refractivity contribution in [1.82, 2.24) is 0 Å². The number of nitrogens with one attached hydrogen (secondary N) is 2. The van der Waals surface area contributed by atoms with Gasteiger partial charge in [0.1, 0.15) is 5.75 Å². The van der Waals surface area contributed by atoms with Gasteiger partial charge in [0.15, 0.2) is 0 Å². The van der Waals surface area contributed by atoms with E-state index in [0.717, 1.165) is 23.7 Å². The number of ether oxygens (including phenoxy) is 1. The second-order valence-corrected chi connectivity index (χ2v) is 8.20. The van der Waals surface area contributed by atoms with Crippen molar-refractivity contribution >= 4 is 30.0 Å². The maximum absolute atomic E-state index is 13.0. The van der Waals surface area contributed by atoms with Crippen LogP contribution >= 0.6 is 0 Å². The largest absolute Gasteiger partial charge is 0.495 e. The second kappa shape index (κ2) is 8.09. The summed E-state index contributed by atoms with van der Waals surface area (Å²) >= 11 is 0. The monoisotopic (exact) mass is 436 g/mol. The summed E-state index contributed by atoms with van der Waals surface area (Å²) in [6.45, 7) is 7.81. The highest BCUT2D eigenvalue weighted by molar-refractivity contribution is 6.62. The lowest BCUT2D eigenvalue weighted by Crippen LogP contribution is -2.41. The molecular weight excluding hydrogens is 412 g/mol. The lowest BCUT2D eigenvalue weighted by Gasteiger charge is -2.32. The minimum absolute atomic E-state index is 0.0938. The van der Waals surface area contributed by atoms with Gasteiger partial charge >= 0.3 is 19.3 Å². The molecule has 31 heavy (non-hydrogen) atoms. The fraction of sp³-hybridized carbons (Fsp3) is 0.381. The zero-order valence-electron chi connectivity index (χ0n) is 17.9. The molecule has 0 radical (unpaired) electrons. The molecule has 0 atom stereocenters. The molecule has 1 aliphatic heterocycles. The summed E-state index contributed by atoms with van der Waals surface area (Å²) in [5.74, 6) is 0.110. The Kier molecular flexibility index (Phi) is 5.99. The number of amides is 2. The van der Waals surface area contributed by atoms with Crippen LogP contribution in [0.1, 0.15) is 33.3 Å². The first-order valence-electron chi connectivity index (χ1n) is 9.61. The topological polar surface area (TPSA) is 68.8 Å². The van der Waals surface area contributed by atoms with Crippen molar-refractivity contribution in [2.24, 2.45) is 0 Å². The molecule has 0 unspecified atom stereocenters. The van der Waals surface area contributed by atoms with Gasteiger partial charge in [-0.3, -0.25) is 0 Å². The molecule has 3 rings (SSSR count). The maximum atomic E-state index is 13.0. The molecule has 166 valence electrons. The third-order valence-electron chi connectivity index (χ3n) is 5.47. The van der Waals surface area contributed by atoms with Gasteiger partial charge in [-0.25, -0.2) is 4.79 Å². The first-order chi connectivity index (χ1) is 14.3. The smallest absolute Gasteiger partial charge is 0.494 e. The van der Waals surface area contributed by atoms with Gasteiger partial charge in [0.25, 0.3) is 0 Å². The van der Waals surface area contributed by atoms with Crippen molar-refractivity contribution in [1.29, 1.82) is 0 Å². The molecule has 0 aromatic heterocycles. The molecule has 6 nitrogen and oxygen atoms in total. The molecule has 0 aliphatic carbocycles. The van der Waals surface area contributed by atoms with Crippen LogP contribution < -0.4 is 20.8 Å². The third-order valence-corrected chi connectivity index (χ3v) is 5.47. The van der Waals surface area contributed by atoms with E-state index in [-0.39, 0.29) is 11.4 Å². The number of halogens is 3. The predicted molar refractivity (Wildman–Crippen MR) is 113 cm³/mol. The number of hydrogen-bond acceptors (Lipinski definition) is 4. The quantitative estimate of drug-likeness (QED) is 0.685. The van der Waals surface area contributed by atoms with Crippen molar-refractivity contribution in [3.05, 3.63) is 48.0 Å². The summed E-state index contributed by atoms with van der Waals surface area (Å²) in [6.07, 6.45) is -4.54. The molecule has 1 heterocycles. The fourth-order valence-corrected chi connectivity index (χ4v) is 2.97. The van der Waals surface area contributed by atoms with E-state index in [9.17, 15) is 18.0 Å². The van der Waals surface area contributed by atoms with Gasteiger partial charge in [0, 0.05) is 5.69 Å². The van der Waals surface area contributed by atoms with Crippen molar-refractivity contribution < 1.29 is 32.0 Å². The number of benzene rings is 2. The molecule has 2 aromatic carbocycles. The Labute approximate surface area is 179 Å². The second-order valence-electron chi connectivity index (χ2n) is 8.20. The van der Waals surface area contributed by atoms with Crippen LogP contribution in [0.4, 0.5) is 29.3 Å². The summed E-state index contributed by atoms with van der Waals surface area (Å²) in [4.78, 5) is 12.3. The van der Waals surface area contributed by atoms with Crippen molar-refractivity contribution in [3.8, 4) is 5.75 Å². The maximum Gasteiger partial charge on any atom is 0.494 e. The average Bonchev–Trinajstić information content (AvgIpc) is 2.88. The van der Waals surface area contributed by atoms with Crippen LogP contribution in [-0.4, -0.2) is 31.5 Å². The van der Waals surface area contributed by atoms with E-state index < -0.39 is 36.1 Å². The number of anilines is 2. The van der Waals surface area contributed by atoms with Crippen LogP contribution in [-0.2, 0) is 15.5 Å². The summed E-state index contributed by atoms with van der Waals surface area (Å²) in [7, 11) is 0.766. The van der Waals surface area contributed by atoms with Crippen LogP contribution in [0.3, 0.4) is 0 Å². The van der Waals surface area contributed by atoms with E-state index in [0.29, 0.717) is 5.69 Å². The minimum atomic E-state index is -4.54. The van der Waals surface area contributed by atoms with E-state index in [1.54, 1.807) is 24.3 Å². The van der Waals surface area contributed by atoms with Gasteiger partial charge in [0.2, 0.25) is 0 Å². The van der Waals surface area contributed by atoms with E-state index in [2.05, 4.69) is 10.6 Å². The van der Waals surface area contributed by atoms with E-state index in [1.807, 2.05) is 27.7 Å². The SMILES string of the molecule is COc1ccc(C(F)(F)F)cc1NC(=O)Nc1ccc(B2OC(C)(C)C(C)(C)O2)cc1. The highest BCUT2D eigenvalue weighted by Crippen LogP contribution is 2.37. The Hall–Kier alpha value is -2.72. The van der Waals surface area contributed by atoms with Crippen LogP contribution in [0.2, 0.25) is 0 Å². The van der Waals surface area contributed by atoms with Crippen molar-refractivity contribution in [2.75, 3.05) is 17.7 Å². The highest BCUT2D eigenvalue weighted by atomic mass is 19.4. The van der Waals surface area contributed by atoms with Crippen LogP contribution in [0.25, 0.3) is 0 Å². The van der Waals surface area contributed by atoms with Crippen LogP contribution in [0.5, 0.6) is 5.75 Å². The summed E-state index contributed by atoms with van der Waals surface area (Å²) in [6, 6.07) is 8.97. The zero-order valence-corrected chi connectivity index (χ0v) is 17.9. The van der Waals surface area contributed by atoms with Gasteiger partial charge in [0.05, 0.1) is 29.6 Å². The van der Waals surface area contributed by atoms with Gasteiger partial charge in [-0.1, -0.05) is 12.1 Å². The normalized spacial score (nSPS) is 17.4. The van der Waals surface area contributed by atoms with Gasteiger partial charge < -0.3 is 24.7 Å². The number of urea groups is 1. The molecule has 2 N–H and O–H groups in total. The Morgan fingerprint density at radius 1 is 0.968 bits per heavy atom. The Morgan fingerprint density at radius 3 is 2.06 bits per heavy atom. The molecule has 0 spiro atoms. The first kappa shape index (κ1) is 23.0. The van der Waals surface area contributed by atoms with E-state index >= 15 is 0 Å². The van der Waals surface area contributed by atoms with Gasteiger partial charge in [-0.05, 0) is 63.5 Å². The highest BCUT2D eigenvalue weighted by Gasteiger charge is 2.51. The standard InChI is InChI=1S/C21H24BF3N2O4/c1-19(2)20(3,4)31-22(30-19)14-7-9-15(10-8-14)26-18(28)27-16-12-13(21(23,24)25)6-11-17(16)29-5/h6-12H,1-5H3,(H2,26,27,28). The zero-order chi connectivity index (χ0) is 23.0. The molecule has 10 heteroatoms. The number of rotatable bonds is 4. The molecule has 0 saturated carbocycles. The van der Waals surface area contributed by atoms with Crippen LogP contribution in [0, 0.1) is 0 Å². The number of methoxy groups -OCH3 is 1. The van der Waals surface area contributed by atoms with Crippen molar-refractivity contribution in [3.63, 3.8) is 0 Å². The summed E-state index contributed by atoms with van der Waals surface area (Å²) in [5, 5.41) is 4.97. The van der Waals surface area contributed by atoms with E-state index in [4.69, 9.17) is 14.0 Å². The summed E-state index contributed by atoms with van der Waals surface area (Å²) < 4.78 is 55.9. The van der Waals surface area contributed by atoms with Crippen LogP contribution in [0.15, 0.2) is 42.5 Å². The Morgan fingerprint density at radius 2 is 1.55 bits per heavy atom. The molecule has 1 fully saturated rings. The van der Waals surface area contributed by atoms with E-state index in [1.165, 1.54) is 7.11 Å². The third kappa shape index (κ3) is 4.96. The Bertz CT molecular complexity index is 946. The molecular formula is C21H24BF3N2O4. The van der Waals surface area contributed by atoms with Crippen molar-refractivity contribution in [2.45, 2.75) is 45.1 Å². The number of carbonyl (C=O) groups excluding carboxylic acids is 1. The number of hydrogen-bond donors (Lipinski definition) is 2. The lowest BCUT2D eigenvalue weighted by molar-refractivity contribution is -0.137. The predicted octanol–water partition coefficient (Wildman–Crippen LogP) is 4.66. The average molecular weight is 436 g/mol. The molecule has 1 saturated heterocycles. The number of carbonyl (C=O) groups is 1. The lowest BCUT2D eigenvalue weighted by atomic mass is 9.79. The minimum Gasteiger partial charge on any atom is -0.495 e. The molecule has 2 aromatic rings. The molecule has 2 amide bonds. The first-order valence-corrected chi connectivity index (χ1v) is 9.61. The van der Waals surface area contributed by atoms with Gasteiger partial charge in [-0.15, -0.1) is 0 Å². The fourth-order valence-electron chi connectivity index (χ4n) is 2.97.